The van der Waals surface area contributed by atoms with Crippen molar-refractivity contribution in [2.45, 2.75) is 32.4 Å². The molecule has 0 fully saturated rings. The first-order valence-corrected chi connectivity index (χ1v) is 5.55. The van der Waals surface area contributed by atoms with Gasteiger partial charge in [0.15, 0.2) is 0 Å². The summed E-state index contributed by atoms with van der Waals surface area (Å²) in [5.74, 6) is 0.710. The van der Waals surface area contributed by atoms with E-state index in [2.05, 4.69) is 15.3 Å². The number of rotatable bonds is 3. The van der Waals surface area contributed by atoms with Crippen LogP contribution in [0.5, 0.6) is 0 Å². The number of hydrogen-bond acceptors (Lipinski definition) is 4. The van der Waals surface area contributed by atoms with Gasteiger partial charge in [-0.15, -0.1) is 0 Å². The van der Waals surface area contributed by atoms with Crippen LogP contribution >= 0.6 is 0 Å². The molecule has 1 aromatic heterocycles. The first-order valence-electron chi connectivity index (χ1n) is 5.55. The topological polar surface area (TPSA) is 67.0 Å². The smallest absolute Gasteiger partial charge is 0.254 e. The Balaban J connectivity index is 2.28. The Morgan fingerprint density at radius 3 is 3.12 bits per heavy atom. The lowest BCUT2D eigenvalue weighted by atomic mass is 10.1. The largest absolute Gasteiger partial charge is 0.381 e. The van der Waals surface area contributed by atoms with Gasteiger partial charge >= 0.3 is 0 Å². The molecule has 2 heterocycles. The van der Waals surface area contributed by atoms with E-state index in [0.717, 1.165) is 24.2 Å². The predicted molar refractivity (Wildman–Crippen MR) is 60.4 cm³/mol. The normalized spacial score (nSPS) is 16.9. The maximum atomic E-state index is 11.8. The van der Waals surface area contributed by atoms with Gasteiger partial charge in [-0.2, -0.15) is 0 Å². The Bertz CT molecular complexity index is 428. The summed E-state index contributed by atoms with van der Waals surface area (Å²) >= 11 is 0. The van der Waals surface area contributed by atoms with Crippen LogP contribution in [0.15, 0.2) is 4.79 Å². The Kier molecular flexibility index (Phi) is 3.36. The van der Waals surface area contributed by atoms with Gasteiger partial charge in [-0.25, -0.2) is 4.98 Å². The van der Waals surface area contributed by atoms with Crippen LogP contribution in [0, 0.1) is 0 Å². The number of H-pyrrole nitrogens is 1. The van der Waals surface area contributed by atoms with Gasteiger partial charge in [-0.3, -0.25) is 4.79 Å². The molecule has 0 saturated carbocycles. The lowest BCUT2D eigenvalue weighted by Crippen LogP contribution is -2.32. The number of ether oxygens (including phenoxy) is 1. The molecule has 0 aromatic carbocycles. The van der Waals surface area contributed by atoms with E-state index < -0.39 is 0 Å². The third-order valence-electron chi connectivity index (χ3n) is 2.88. The Hall–Kier alpha value is -1.20. The lowest BCUT2D eigenvalue weighted by Gasteiger charge is -2.16. The lowest BCUT2D eigenvalue weighted by molar-refractivity contribution is 0.117. The van der Waals surface area contributed by atoms with E-state index in [1.807, 2.05) is 6.92 Å². The van der Waals surface area contributed by atoms with Gasteiger partial charge in [0, 0.05) is 25.6 Å². The summed E-state index contributed by atoms with van der Waals surface area (Å²) in [5, 5.41) is 3.22. The van der Waals surface area contributed by atoms with E-state index >= 15 is 0 Å². The minimum absolute atomic E-state index is 0.00445. The molecule has 1 aliphatic rings. The quantitative estimate of drug-likeness (QED) is 0.756. The molecular weight excluding hydrogens is 206 g/mol. The van der Waals surface area contributed by atoms with Crippen LogP contribution in [-0.4, -0.2) is 29.7 Å². The van der Waals surface area contributed by atoms with E-state index in [9.17, 15) is 4.79 Å². The van der Waals surface area contributed by atoms with E-state index in [-0.39, 0.29) is 11.7 Å². The molecule has 1 unspecified atom stereocenters. The summed E-state index contributed by atoms with van der Waals surface area (Å²) in [5.41, 5.74) is 1.71. The van der Waals surface area contributed by atoms with Crippen molar-refractivity contribution in [2.24, 2.45) is 0 Å². The van der Waals surface area contributed by atoms with Crippen molar-refractivity contribution in [3.8, 4) is 0 Å². The van der Waals surface area contributed by atoms with Crippen molar-refractivity contribution in [1.29, 1.82) is 0 Å². The number of nitrogens with zero attached hydrogens (tertiary/aromatic N) is 1. The van der Waals surface area contributed by atoms with Crippen LogP contribution in [0.3, 0.4) is 0 Å². The molecule has 16 heavy (non-hydrogen) atoms. The molecule has 0 radical (unpaired) electrons. The van der Waals surface area contributed by atoms with Crippen LogP contribution < -0.4 is 10.9 Å². The second-order valence-corrected chi connectivity index (χ2v) is 4.12. The Morgan fingerprint density at radius 1 is 1.56 bits per heavy atom. The first-order chi connectivity index (χ1) is 7.70. The number of hydrogen-bond donors (Lipinski definition) is 2. The zero-order valence-electron chi connectivity index (χ0n) is 9.67. The average Bonchev–Trinajstić information content (AvgIpc) is 2.29. The van der Waals surface area contributed by atoms with Crippen molar-refractivity contribution >= 4 is 0 Å². The highest BCUT2D eigenvalue weighted by atomic mass is 16.5. The third-order valence-corrected chi connectivity index (χ3v) is 2.88. The van der Waals surface area contributed by atoms with E-state index in [4.69, 9.17) is 4.74 Å². The maximum Gasteiger partial charge on any atom is 0.254 e. The predicted octanol–water partition coefficient (Wildman–Crippen LogP) is -0.00700. The van der Waals surface area contributed by atoms with Gasteiger partial charge in [-0.05, 0) is 19.9 Å². The number of aromatic nitrogens is 2. The van der Waals surface area contributed by atoms with Crippen molar-refractivity contribution in [2.75, 3.05) is 13.7 Å². The van der Waals surface area contributed by atoms with E-state index in [1.165, 1.54) is 0 Å². The fourth-order valence-electron chi connectivity index (χ4n) is 1.87. The van der Waals surface area contributed by atoms with Gasteiger partial charge < -0.3 is 15.0 Å². The Labute approximate surface area is 94.2 Å². The molecule has 0 bridgehead atoms. The second kappa shape index (κ2) is 4.76. The summed E-state index contributed by atoms with van der Waals surface area (Å²) in [6.07, 6.45) is 1.47. The number of methoxy groups -OCH3 is 1. The van der Waals surface area contributed by atoms with Gasteiger partial charge in [0.1, 0.15) is 5.82 Å². The van der Waals surface area contributed by atoms with Gasteiger partial charge in [0.2, 0.25) is 0 Å². The van der Waals surface area contributed by atoms with Crippen molar-refractivity contribution < 1.29 is 4.74 Å². The fraction of sp³-hybridized carbons (Fsp3) is 0.636. The second-order valence-electron chi connectivity index (χ2n) is 4.12. The van der Waals surface area contributed by atoms with Gasteiger partial charge in [-0.1, -0.05) is 0 Å². The SMILES string of the molecule is COC(C)Cc1nc2c(c(=O)[nH]1)CCNC2. The molecule has 5 nitrogen and oxygen atoms in total. The number of nitrogens with one attached hydrogen (secondary N) is 2. The molecule has 2 rings (SSSR count). The van der Waals surface area contributed by atoms with Crippen molar-refractivity contribution in [3.63, 3.8) is 0 Å². The molecule has 0 amide bonds. The van der Waals surface area contributed by atoms with Crippen LogP contribution in [0.25, 0.3) is 0 Å². The highest BCUT2D eigenvalue weighted by molar-refractivity contribution is 5.20. The van der Waals surface area contributed by atoms with Crippen LogP contribution in [0.2, 0.25) is 0 Å². The highest BCUT2D eigenvalue weighted by Gasteiger charge is 2.15. The van der Waals surface area contributed by atoms with Crippen LogP contribution in [-0.2, 0) is 24.1 Å². The molecule has 0 spiro atoms. The summed E-state index contributed by atoms with van der Waals surface area (Å²) in [6.45, 7) is 3.50. The van der Waals surface area contributed by atoms with Crippen molar-refractivity contribution in [1.82, 2.24) is 15.3 Å². The molecular formula is C11H17N3O2. The Morgan fingerprint density at radius 2 is 2.38 bits per heavy atom. The molecule has 88 valence electrons. The van der Waals surface area contributed by atoms with Crippen LogP contribution in [0.1, 0.15) is 24.0 Å². The number of fused-ring (bicyclic) bond motifs is 1. The minimum atomic E-state index is 0.00445. The monoisotopic (exact) mass is 223 g/mol. The van der Waals surface area contributed by atoms with E-state index in [0.29, 0.717) is 18.8 Å². The number of aromatic amines is 1. The standard InChI is InChI=1S/C11H17N3O2/c1-7(16-2)5-10-13-9-6-12-4-3-8(9)11(15)14-10/h7,12H,3-6H2,1-2H3,(H,13,14,15). The van der Waals surface area contributed by atoms with Gasteiger partial charge in [0.05, 0.1) is 11.8 Å². The highest BCUT2D eigenvalue weighted by Crippen LogP contribution is 2.07. The molecule has 0 aliphatic carbocycles. The van der Waals surface area contributed by atoms with Crippen molar-refractivity contribution in [3.05, 3.63) is 27.4 Å². The van der Waals surface area contributed by atoms with E-state index in [1.54, 1.807) is 7.11 Å². The molecule has 1 aromatic rings. The molecule has 1 atom stereocenters. The zero-order valence-corrected chi connectivity index (χ0v) is 9.67. The van der Waals surface area contributed by atoms with Crippen LogP contribution in [0.4, 0.5) is 0 Å². The fourth-order valence-corrected chi connectivity index (χ4v) is 1.87. The summed E-state index contributed by atoms with van der Waals surface area (Å²) < 4.78 is 5.16. The average molecular weight is 223 g/mol. The summed E-state index contributed by atoms with van der Waals surface area (Å²) in [7, 11) is 1.66. The first kappa shape index (κ1) is 11.3. The molecule has 0 saturated heterocycles. The molecule has 5 heteroatoms. The molecule has 2 N–H and O–H groups in total. The molecule has 1 aliphatic heterocycles. The maximum absolute atomic E-state index is 11.8. The third kappa shape index (κ3) is 2.31. The minimum Gasteiger partial charge on any atom is -0.381 e. The summed E-state index contributed by atoms with van der Waals surface area (Å²) in [4.78, 5) is 19.1. The van der Waals surface area contributed by atoms with Gasteiger partial charge in [0.25, 0.3) is 5.56 Å². The zero-order chi connectivity index (χ0) is 11.5. The summed E-state index contributed by atoms with van der Waals surface area (Å²) in [6, 6.07) is 0.